The van der Waals surface area contributed by atoms with Gasteiger partial charge in [0.2, 0.25) is 11.8 Å². The van der Waals surface area contributed by atoms with Crippen molar-refractivity contribution in [1.29, 1.82) is 0 Å². The van der Waals surface area contributed by atoms with E-state index >= 15 is 0 Å². The second kappa shape index (κ2) is 7.96. The van der Waals surface area contributed by atoms with Crippen LogP contribution in [-0.2, 0) is 4.79 Å². The molecule has 0 radical (unpaired) electrons. The highest BCUT2D eigenvalue weighted by Crippen LogP contribution is 2.18. The van der Waals surface area contributed by atoms with Gasteiger partial charge in [0, 0.05) is 23.5 Å². The number of carbonyl (C=O) groups is 2. The standard InChI is InChI=1S/C19H14BrFN4O2/c20-14-10-23-25(11-14)17-7-1-12(9-16(17)21)2-8-18(26)24-15-5-3-13(4-6-15)19(22)27/h1-11H,(H2,22,27)(H,24,26)/b8-2+. The Morgan fingerprint density at radius 1 is 1.19 bits per heavy atom. The Labute approximate surface area is 162 Å². The third-order valence-electron chi connectivity index (χ3n) is 3.63. The topological polar surface area (TPSA) is 90.0 Å². The summed E-state index contributed by atoms with van der Waals surface area (Å²) in [5.74, 6) is -1.39. The molecule has 8 heteroatoms. The Morgan fingerprint density at radius 3 is 2.52 bits per heavy atom. The summed E-state index contributed by atoms with van der Waals surface area (Å²) in [6.07, 6.45) is 6.00. The third kappa shape index (κ3) is 4.68. The molecular weight excluding hydrogens is 415 g/mol. The van der Waals surface area contributed by atoms with Crippen LogP contribution in [0, 0.1) is 5.82 Å². The zero-order valence-electron chi connectivity index (χ0n) is 13.9. The SMILES string of the molecule is NC(=O)c1ccc(NC(=O)/C=C/c2ccc(-n3cc(Br)cn3)c(F)c2)cc1. The van der Waals surface area contributed by atoms with Crippen molar-refractivity contribution in [2.75, 3.05) is 5.32 Å². The number of amides is 2. The van der Waals surface area contributed by atoms with Crippen molar-refractivity contribution >= 4 is 39.5 Å². The molecular formula is C19H14BrFN4O2. The van der Waals surface area contributed by atoms with Crippen molar-refractivity contribution < 1.29 is 14.0 Å². The Bertz CT molecular complexity index is 1030. The molecule has 3 aromatic rings. The molecule has 0 aliphatic carbocycles. The largest absolute Gasteiger partial charge is 0.366 e. The van der Waals surface area contributed by atoms with Gasteiger partial charge in [-0.15, -0.1) is 0 Å². The first kappa shape index (κ1) is 18.5. The quantitative estimate of drug-likeness (QED) is 0.609. The maximum absolute atomic E-state index is 14.3. The Balaban J connectivity index is 1.67. The van der Waals surface area contributed by atoms with Crippen LogP contribution in [0.1, 0.15) is 15.9 Å². The molecule has 0 saturated heterocycles. The molecule has 2 aromatic carbocycles. The van der Waals surface area contributed by atoms with Gasteiger partial charge in [0.1, 0.15) is 11.5 Å². The van der Waals surface area contributed by atoms with E-state index in [4.69, 9.17) is 5.73 Å². The van der Waals surface area contributed by atoms with E-state index in [-0.39, 0.29) is 5.91 Å². The molecule has 6 nitrogen and oxygen atoms in total. The molecule has 0 saturated carbocycles. The van der Waals surface area contributed by atoms with Gasteiger partial charge >= 0.3 is 0 Å². The van der Waals surface area contributed by atoms with E-state index in [9.17, 15) is 14.0 Å². The fourth-order valence-corrected chi connectivity index (χ4v) is 2.60. The Kier molecular flexibility index (Phi) is 5.46. The second-order valence-electron chi connectivity index (χ2n) is 5.58. The van der Waals surface area contributed by atoms with Crippen LogP contribution in [0.15, 0.2) is 65.4 Å². The lowest BCUT2D eigenvalue weighted by molar-refractivity contribution is -0.111. The van der Waals surface area contributed by atoms with Gasteiger partial charge in [-0.3, -0.25) is 9.59 Å². The summed E-state index contributed by atoms with van der Waals surface area (Å²) < 4.78 is 16.4. The van der Waals surface area contributed by atoms with E-state index in [1.54, 1.807) is 36.7 Å². The number of hydrogen-bond acceptors (Lipinski definition) is 3. The molecule has 0 fully saturated rings. The number of benzene rings is 2. The monoisotopic (exact) mass is 428 g/mol. The van der Waals surface area contributed by atoms with Crippen LogP contribution < -0.4 is 11.1 Å². The molecule has 2 amide bonds. The van der Waals surface area contributed by atoms with Crippen LogP contribution in [-0.4, -0.2) is 21.6 Å². The lowest BCUT2D eigenvalue weighted by atomic mass is 10.1. The van der Waals surface area contributed by atoms with E-state index < -0.39 is 11.7 Å². The van der Waals surface area contributed by atoms with Gasteiger partial charge in [0.05, 0.1) is 10.7 Å². The van der Waals surface area contributed by atoms with Crippen molar-refractivity contribution in [3.05, 3.63) is 82.4 Å². The number of carbonyl (C=O) groups excluding carboxylic acids is 2. The van der Waals surface area contributed by atoms with E-state index in [2.05, 4.69) is 26.3 Å². The summed E-state index contributed by atoms with van der Waals surface area (Å²) in [6.45, 7) is 0. The van der Waals surface area contributed by atoms with Gasteiger partial charge in [-0.1, -0.05) is 6.07 Å². The number of rotatable bonds is 5. The maximum atomic E-state index is 14.3. The molecule has 0 bridgehead atoms. The first-order valence-corrected chi connectivity index (χ1v) is 8.61. The number of primary amides is 1. The number of hydrogen-bond donors (Lipinski definition) is 2. The molecule has 3 N–H and O–H groups in total. The summed E-state index contributed by atoms with van der Waals surface area (Å²) in [5.41, 5.74) is 6.86. The predicted molar refractivity (Wildman–Crippen MR) is 104 cm³/mol. The van der Waals surface area contributed by atoms with Gasteiger partial charge < -0.3 is 11.1 Å². The van der Waals surface area contributed by atoms with E-state index in [1.807, 2.05) is 0 Å². The number of nitrogens with one attached hydrogen (secondary N) is 1. The number of halogens is 2. The van der Waals surface area contributed by atoms with E-state index in [1.165, 1.54) is 35.0 Å². The second-order valence-corrected chi connectivity index (χ2v) is 6.49. The third-order valence-corrected chi connectivity index (χ3v) is 4.04. The average molecular weight is 429 g/mol. The van der Waals surface area contributed by atoms with Crippen molar-refractivity contribution in [2.45, 2.75) is 0 Å². The molecule has 0 unspecified atom stereocenters. The first-order valence-electron chi connectivity index (χ1n) is 7.81. The van der Waals surface area contributed by atoms with Crippen molar-refractivity contribution in [1.82, 2.24) is 9.78 Å². The molecule has 0 spiro atoms. The molecule has 3 rings (SSSR count). The molecule has 0 aliphatic rings. The lowest BCUT2D eigenvalue weighted by Crippen LogP contribution is -2.11. The fraction of sp³-hybridized carbons (Fsp3) is 0. The number of nitrogens with two attached hydrogens (primary N) is 1. The summed E-state index contributed by atoms with van der Waals surface area (Å²) in [4.78, 5) is 23.0. The molecule has 1 aromatic heterocycles. The van der Waals surface area contributed by atoms with Crippen LogP contribution in [0.5, 0.6) is 0 Å². The molecule has 27 heavy (non-hydrogen) atoms. The highest BCUT2D eigenvalue weighted by Gasteiger charge is 2.07. The normalized spacial score (nSPS) is 10.9. The Morgan fingerprint density at radius 2 is 1.93 bits per heavy atom. The molecule has 1 heterocycles. The minimum atomic E-state index is -0.541. The molecule has 0 atom stereocenters. The molecule has 0 aliphatic heterocycles. The van der Waals surface area contributed by atoms with Gasteiger partial charge in [0.15, 0.2) is 0 Å². The zero-order valence-corrected chi connectivity index (χ0v) is 15.5. The molecule has 136 valence electrons. The number of anilines is 1. The summed E-state index contributed by atoms with van der Waals surface area (Å²) >= 11 is 3.26. The van der Waals surface area contributed by atoms with Gasteiger partial charge in [-0.2, -0.15) is 5.10 Å². The minimum Gasteiger partial charge on any atom is -0.366 e. The fourth-order valence-electron chi connectivity index (χ4n) is 2.32. The van der Waals surface area contributed by atoms with Crippen LogP contribution in [0.3, 0.4) is 0 Å². The lowest BCUT2D eigenvalue weighted by Gasteiger charge is -2.04. The average Bonchev–Trinajstić information content (AvgIpc) is 3.06. The number of aromatic nitrogens is 2. The summed E-state index contributed by atoms with van der Waals surface area (Å²) in [7, 11) is 0. The number of nitrogens with zero attached hydrogens (tertiary/aromatic N) is 2. The highest BCUT2D eigenvalue weighted by atomic mass is 79.9. The maximum Gasteiger partial charge on any atom is 0.248 e. The van der Waals surface area contributed by atoms with Crippen LogP contribution in [0.2, 0.25) is 0 Å². The van der Waals surface area contributed by atoms with Crippen LogP contribution in [0.4, 0.5) is 10.1 Å². The van der Waals surface area contributed by atoms with Gasteiger partial charge in [-0.05, 0) is 64.0 Å². The van der Waals surface area contributed by atoms with E-state index in [0.717, 1.165) is 4.47 Å². The summed E-state index contributed by atoms with van der Waals surface area (Å²) in [6, 6.07) is 10.8. The minimum absolute atomic E-state index is 0.303. The van der Waals surface area contributed by atoms with Crippen molar-refractivity contribution in [3.63, 3.8) is 0 Å². The van der Waals surface area contributed by atoms with Crippen LogP contribution in [0.25, 0.3) is 11.8 Å². The van der Waals surface area contributed by atoms with E-state index in [0.29, 0.717) is 22.5 Å². The van der Waals surface area contributed by atoms with Gasteiger partial charge in [0.25, 0.3) is 0 Å². The highest BCUT2D eigenvalue weighted by molar-refractivity contribution is 9.10. The van der Waals surface area contributed by atoms with Crippen molar-refractivity contribution in [2.24, 2.45) is 5.73 Å². The van der Waals surface area contributed by atoms with Crippen LogP contribution >= 0.6 is 15.9 Å². The smallest absolute Gasteiger partial charge is 0.248 e. The Hall–Kier alpha value is -3.26. The summed E-state index contributed by atoms with van der Waals surface area (Å²) in [5, 5.41) is 6.68. The van der Waals surface area contributed by atoms with Crippen molar-refractivity contribution in [3.8, 4) is 5.69 Å². The first-order chi connectivity index (χ1) is 12.9. The zero-order chi connectivity index (χ0) is 19.4. The predicted octanol–water partition coefficient (Wildman–Crippen LogP) is 3.52. The van der Waals surface area contributed by atoms with Gasteiger partial charge in [-0.25, -0.2) is 9.07 Å².